The number of rotatable bonds is 3. The van der Waals surface area contributed by atoms with E-state index in [-0.39, 0.29) is 10.9 Å². The number of nitrogens with zero attached hydrogens (tertiary/aromatic N) is 3. The number of halogens is 1. The van der Waals surface area contributed by atoms with Crippen molar-refractivity contribution in [3.63, 3.8) is 0 Å². The molecular formula is C21H22FN3O4. The Hall–Kier alpha value is -3.00. The Morgan fingerprint density at radius 2 is 2.00 bits per heavy atom. The van der Waals surface area contributed by atoms with Crippen LogP contribution in [0, 0.1) is 5.82 Å². The van der Waals surface area contributed by atoms with Gasteiger partial charge in [0.15, 0.2) is 0 Å². The van der Waals surface area contributed by atoms with Gasteiger partial charge in [0.2, 0.25) is 5.43 Å². The van der Waals surface area contributed by atoms with Gasteiger partial charge in [-0.1, -0.05) is 0 Å². The topological polar surface area (TPSA) is 95.7 Å². The summed E-state index contributed by atoms with van der Waals surface area (Å²) in [7, 11) is 0. The van der Waals surface area contributed by atoms with Gasteiger partial charge in [-0.2, -0.15) is 0 Å². The molecular weight excluding hydrogens is 377 g/mol. The number of aromatic nitrogens is 2. The van der Waals surface area contributed by atoms with Crippen LogP contribution in [-0.4, -0.2) is 44.4 Å². The first-order valence-corrected chi connectivity index (χ1v) is 9.58. The van der Waals surface area contributed by atoms with Gasteiger partial charge in [-0.25, -0.2) is 9.18 Å². The maximum atomic E-state index is 14.8. The quantitative estimate of drug-likeness (QED) is 0.658. The highest BCUT2D eigenvalue weighted by atomic mass is 19.1. The van der Waals surface area contributed by atoms with Crippen molar-refractivity contribution in [1.29, 1.82) is 0 Å². The van der Waals surface area contributed by atoms with E-state index in [1.807, 2.05) is 11.8 Å². The first-order chi connectivity index (χ1) is 13.7. The predicted molar refractivity (Wildman–Crippen MR) is 108 cm³/mol. The molecule has 4 rings (SSSR count). The monoisotopic (exact) mass is 399 g/mol. The average molecular weight is 399 g/mol. The van der Waals surface area contributed by atoms with Gasteiger partial charge < -0.3 is 19.7 Å². The number of piperidine rings is 1. The van der Waals surface area contributed by atoms with Crippen LogP contribution in [0.1, 0.15) is 37.0 Å². The number of hydrogen-bond donors (Lipinski definition) is 2. The molecule has 2 N–H and O–H groups in total. The standard InChI is InChI=1S/C21H22FN3O4/c1-3-24-11-13(20(27)28)19(26)18-12-8-16(25-6-4-21(2,29)5-7-25)14(22)9-15(12)23-10-17(18)24/h8-11,29H,3-7H2,1-2H3,(H,27,28). The van der Waals surface area contributed by atoms with E-state index >= 15 is 0 Å². The summed E-state index contributed by atoms with van der Waals surface area (Å²) in [5.74, 6) is -1.76. The van der Waals surface area contributed by atoms with Gasteiger partial charge in [0.05, 0.1) is 33.9 Å². The number of aliphatic hydroxyl groups is 1. The second-order valence-electron chi connectivity index (χ2n) is 7.79. The number of hydrogen-bond acceptors (Lipinski definition) is 5. The third kappa shape index (κ3) is 3.23. The van der Waals surface area contributed by atoms with E-state index in [1.165, 1.54) is 18.5 Å². The summed E-state index contributed by atoms with van der Waals surface area (Å²) in [6.07, 6.45) is 3.80. The Labute approximate surface area is 166 Å². The van der Waals surface area contributed by atoms with E-state index < -0.39 is 22.8 Å². The van der Waals surface area contributed by atoms with Gasteiger partial charge in [0.1, 0.15) is 11.4 Å². The van der Waals surface area contributed by atoms with Crippen molar-refractivity contribution in [3.05, 3.63) is 46.1 Å². The number of pyridine rings is 2. The Morgan fingerprint density at radius 3 is 2.62 bits per heavy atom. The molecule has 1 aromatic carbocycles. The van der Waals surface area contributed by atoms with E-state index in [0.717, 1.165) is 0 Å². The lowest BCUT2D eigenvalue weighted by atomic mass is 9.93. The van der Waals surface area contributed by atoms with Crippen LogP contribution in [0.3, 0.4) is 0 Å². The summed E-state index contributed by atoms with van der Waals surface area (Å²) in [5.41, 5.74) is -0.580. The normalized spacial score (nSPS) is 16.5. The van der Waals surface area contributed by atoms with Crippen LogP contribution in [0.2, 0.25) is 0 Å². The third-order valence-corrected chi connectivity index (χ3v) is 5.73. The summed E-state index contributed by atoms with van der Waals surface area (Å²) in [5, 5.41) is 20.3. The molecule has 29 heavy (non-hydrogen) atoms. The lowest BCUT2D eigenvalue weighted by molar-refractivity contribution is 0.0350. The molecule has 3 heterocycles. The Kier molecular flexibility index (Phi) is 4.53. The Morgan fingerprint density at radius 1 is 1.31 bits per heavy atom. The second kappa shape index (κ2) is 6.81. The van der Waals surface area contributed by atoms with Gasteiger partial charge in [0.25, 0.3) is 0 Å². The zero-order valence-corrected chi connectivity index (χ0v) is 16.3. The van der Waals surface area contributed by atoms with Gasteiger partial charge in [-0.3, -0.25) is 9.78 Å². The molecule has 0 atom stereocenters. The molecule has 1 aliphatic heterocycles. The molecule has 0 unspecified atom stereocenters. The number of benzene rings is 1. The first-order valence-electron chi connectivity index (χ1n) is 9.58. The third-order valence-electron chi connectivity index (χ3n) is 5.73. The lowest BCUT2D eigenvalue weighted by Crippen LogP contribution is -2.42. The second-order valence-corrected chi connectivity index (χ2v) is 7.79. The highest BCUT2D eigenvalue weighted by Gasteiger charge is 2.29. The van der Waals surface area contributed by atoms with Gasteiger partial charge >= 0.3 is 5.97 Å². The summed E-state index contributed by atoms with van der Waals surface area (Å²) >= 11 is 0. The smallest absolute Gasteiger partial charge is 0.341 e. The number of carboxylic acid groups (broad SMARTS) is 1. The molecule has 1 aliphatic rings. The van der Waals surface area contributed by atoms with Crippen LogP contribution >= 0.6 is 0 Å². The lowest BCUT2D eigenvalue weighted by Gasteiger charge is -2.37. The number of aryl methyl sites for hydroxylation is 1. The van der Waals surface area contributed by atoms with Gasteiger partial charge in [-0.15, -0.1) is 0 Å². The van der Waals surface area contributed by atoms with Crippen LogP contribution in [0.5, 0.6) is 0 Å². The van der Waals surface area contributed by atoms with Crippen molar-refractivity contribution in [2.24, 2.45) is 0 Å². The van der Waals surface area contributed by atoms with Crippen LogP contribution in [0.15, 0.2) is 29.3 Å². The molecule has 0 saturated carbocycles. The van der Waals surface area contributed by atoms with E-state index in [2.05, 4.69) is 4.98 Å². The maximum Gasteiger partial charge on any atom is 0.341 e. The van der Waals surface area contributed by atoms with Crippen molar-refractivity contribution >= 4 is 33.5 Å². The van der Waals surface area contributed by atoms with Crippen molar-refractivity contribution in [2.75, 3.05) is 18.0 Å². The number of aromatic carboxylic acids is 1. The Balaban J connectivity index is 1.99. The molecule has 2 aromatic heterocycles. The zero-order valence-electron chi connectivity index (χ0n) is 16.3. The largest absolute Gasteiger partial charge is 0.477 e. The van der Waals surface area contributed by atoms with Crippen molar-refractivity contribution in [1.82, 2.24) is 9.55 Å². The maximum absolute atomic E-state index is 14.8. The molecule has 0 aliphatic carbocycles. The van der Waals surface area contributed by atoms with E-state index in [9.17, 15) is 24.2 Å². The minimum atomic E-state index is -1.30. The number of anilines is 1. The van der Waals surface area contributed by atoms with Crippen LogP contribution < -0.4 is 10.3 Å². The predicted octanol–water partition coefficient (Wildman–Crippen LogP) is 2.76. The van der Waals surface area contributed by atoms with Crippen molar-refractivity contribution < 1.29 is 19.4 Å². The molecule has 7 nitrogen and oxygen atoms in total. The highest BCUT2D eigenvalue weighted by molar-refractivity contribution is 6.07. The zero-order chi connectivity index (χ0) is 20.9. The van der Waals surface area contributed by atoms with Crippen LogP contribution in [0.25, 0.3) is 21.8 Å². The minimum Gasteiger partial charge on any atom is -0.477 e. The van der Waals surface area contributed by atoms with Gasteiger partial charge in [-0.05, 0) is 32.8 Å². The first kappa shape index (κ1) is 19.3. The molecule has 1 saturated heterocycles. The molecule has 0 radical (unpaired) electrons. The van der Waals surface area contributed by atoms with E-state index in [0.29, 0.717) is 54.6 Å². The molecule has 0 bridgehead atoms. The number of carbonyl (C=O) groups is 1. The fraction of sp³-hybridized carbons (Fsp3) is 0.381. The van der Waals surface area contributed by atoms with Crippen molar-refractivity contribution in [2.45, 2.75) is 38.8 Å². The van der Waals surface area contributed by atoms with Crippen LogP contribution in [-0.2, 0) is 6.54 Å². The van der Waals surface area contributed by atoms with Crippen LogP contribution in [0.4, 0.5) is 10.1 Å². The van der Waals surface area contributed by atoms with Gasteiger partial charge in [0, 0.05) is 37.3 Å². The number of fused-ring (bicyclic) bond motifs is 3. The summed E-state index contributed by atoms with van der Waals surface area (Å²) < 4.78 is 16.5. The molecule has 152 valence electrons. The van der Waals surface area contributed by atoms with E-state index in [1.54, 1.807) is 17.6 Å². The van der Waals surface area contributed by atoms with E-state index in [4.69, 9.17) is 0 Å². The highest BCUT2D eigenvalue weighted by Crippen LogP contribution is 2.32. The molecule has 0 amide bonds. The average Bonchev–Trinajstić information content (AvgIpc) is 2.67. The van der Waals surface area contributed by atoms with Crippen molar-refractivity contribution in [3.8, 4) is 0 Å². The molecule has 3 aromatic rings. The fourth-order valence-corrected chi connectivity index (χ4v) is 3.95. The molecule has 8 heteroatoms. The summed E-state index contributed by atoms with van der Waals surface area (Å²) in [4.78, 5) is 30.7. The SMILES string of the molecule is CCn1cc(C(=O)O)c(=O)c2c3cc(N4CCC(C)(O)CC4)c(F)cc3ncc21. The number of carboxylic acids is 1. The minimum absolute atomic E-state index is 0.224. The molecule has 0 spiro atoms. The summed E-state index contributed by atoms with van der Waals surface area (Å²) in [6.45, 7) is 5.02. The fourth-order valence-electron chi connectivity index (χ4n) is 3.95. The Bertz CT molecular complexity index is 1190. The summed E-state index contributed by atoms with van der Waals surface area (Å²) in [6, 6.07) is 2.85. The molecule has 1 fully saturated rings.